The van der Waals surface area contributed by atoms with Crippen molar-refractivity contribution in [3.05, 3.63) is 51.4 Å². The van der Waals surface area contributed by atoms with E-state index in [1.54, 1.807) is 30.5 Å². The van der Waals surface area contributed by atoms with Crippen molar-refractivity contribution in [1.82, 2.24) is 9.55 Å². The number of nitrogens with zero attached hydrogens (tertiary/aromatic N) is 2. The number of hydrogen-bond acceptors (Lipinski definition) is 4. The molecule has 0 amide bonds. The molecule has 1 aromatic heterocycles. The van der Waals surface area contributed by atoms with E-state index in [1.165, 1.54) is 0 Å². The number of ether oxygens (including phenoxy) is 1. The Hall–Kier alpha value is -1.75. The van der Waals surface area contributed by atoms with E-state index in [2.05, 4.69) is 11.9 Å². The summed E-state index contributed by atoms with van der Waals surface area (Å²) < 4.78 is 6.86. The molecular weight excluding hydrogens is 284 g/mol. The predicted molar refractivity (Wildman–Crippen MR) is 86.4 cm³/mol. The molecule has 4 nitrogen and oxygen atoms in total. The first kappa shape index (κ1) is 15.6. The van der Waals surface area contributed by atoms with Crippen molar-refractivity contribution >= 4 is 11.8 Å². The molecule has 0 aliphatic carbocycles. The average Bonchev–Trinajstić information content (AvgIpc) is 2.49. The number of methoxy groups -OCH3 is 1. The van der Waals surface area contributed by atoms with Crippen LogP contribution in [-0.2, 0) is 13.5 Å². The molecule has 0 fully saturated rings. The molecular formula is C16H20N2O2S. The van der Waals surface area contributed by atoms with E-state index in [1.807, 2.05) is 31.2 Å². The molecule has 0 N–H and O–H groups in total. The van der Waals surface area contributed by atoms with Gasteiger partial charge in [0.05, 0.1) is 7.11 Å². The smallest absolute Gasteiger partial charge is 0.257 e. The van der Waals surface area contributed by atoms with Crippen LogP contribution in [0, 0.1) is 6.92 Å². The van der Waals surface area contributed by atoms with E-state index >= 15 is 0 Å². The van der Waals surface area contributed by atoms with Crippen molar-refractivity contribution in [3.8, 4) is 5.75 Å². The van der Waals surface area contributed by atoms with E-state index in [0.29, 0.717) is 6.42 Å². The van der Waals surface area contributed by atoms with Crippen LogP contribution >= 0.6 is 11.8 Å². The highest BCUT2D eigenvalue weighted by atomic mass is 32.2. The van der Waals surface area contributed by atoms with Crippen LogP contribution in [0.3, 0.4) is 0 Å². The van der Waals surface area contributed by atoms with Crippen molar-refractivity contribution in [2.75, 3.05) is 12.9 Å². The molecule has 21 heavy (non-hydrogen) atoms. The summed E-state index contributed by atoms with van der Waals surface area (Å²) in [4.78, 5) is 17.1. The topological polar surface area (TPSA) is 44.1 Å². The lowest BCUT2D eigenvalue weighted by molar-refractivity contribution is 0.414. The van der Waals surface area contributed by atoms with Gasteiger partial charge in [-0.25, -0.2) is 4.98 Å². The molecule has 0 aliphatic rings. The molecule has 5 heteroatoms. The summed E-state index contributed by atoms with van der Waals surface area (Å²) >= 11 is 1.58. The minimum Gasteiger partial charge on any atom is -0.497 e. The molecule has 0 saturated heterocycles. The van der Waals surface area contributed by atoms with Crippen molar-refractivity contribution in [3.63, 3.8) is 0 Å². The van der Waals surface area contributed by atoms with Gasteiger partial charge in [-0.3, -0.25) is 9.36 Å². The third-order valence-electron chi connectivity index (χ3n) is 3.34. The molecule has 0 aliphatic heterocycles. The fraction of sp³-hybridized carbons (Fsp3) is 0.375. The molecule has 1 heterocycles. The average molecular weight is 304 g/mol. The highest BCUT2D eigenvalue weighted by Gasteiger charge is 2.12. The third-order valence-corrected chi connectivity index (χ3v) is 4.25. The molecule has 0 atom stereocenters. The van der Waals surface area contributed by atoms with Crippen LogP contribution in [0.4, 0.5) is 0 Å². The molecule has 2 aromatic rings. The van der Waals surface area contributed by atoms with E-state index in [4.69, 9.17) is 4.74 Å². The van der Waals surface area contributed by atoms with Gasteiger partial charge in [-0.15, -0.1) is 0 Å². The second-order valence-electron chi connectivity index (χ2n) is 4.78. The van der Waals surface area contributed by atoms with Crippen LogP contribution in [-0.4, -0.2) is 22.4 Å². The van der Waals surface area contributed by atoms with Gasteiger partial charge >= 0.3 is 0 Å². The maximum Gasteiger partial charge on any atom is 0.257 e. The first-order valence-electron chi connectivity index (χ1n) is 6.89. The molecule has 2 rings (SSSR count). The Morgan fingerprint density at radius 3 is 2.81 bits per heavy atom. The zero-order valence-corrected chi connectivity index (χ0v) is 13.7. The van der Waals surface area contributed by atoms with Gasteiger partial charge < -0.3 is 4.74 Å². The quantitative estimate of drug-likeness (QED) is 0.629. The summed E-state index contributed by atoms with van der Waals surface area (Å²) in [5.74, 6) is 1.70. The zero-order chi connectivity index (χ0) is 15.4. The SMILES string of the molecule is CCSc1nc(C)c(Cc2cccc(OC)c2)c(=O)n1C. The normalized spacial score (nSPS) is 10.7. The number of thioether (sulfide) groups is 1. The van der Waals surface area contributed by atoms with Crippen LogP contribution < -0.4 is 10.3 Å². The monoisotopic (exact) mass is 304 g/mol. The van der Waals surface area contributed by atoms with Crippen molar-refractivity contribution in [1.29, 1.82) is 0 Å². The Bertz CT molecular complexity index is 695. The number of rotatable bonds is 5. The molecule has 0 spiro atoms. The maximum atomic E-state index is 12.5. The fourth-order valence-electron chi connectivity index (χ4n) is 2.18. The summed E-state index contributed by atoms with van der Waals surface area (Å²) in [5.41, 5.74) is 2.62. The second-order valence-corrected chi connectivity index (χ2v) is 6.02. The summed E-state index contributed by atoms with van der Waals surface area (Å²) in [5, 5.41) is 0.773. The van der Waals surface area contributed by atoms with Gasteiger partial charge in [0.15, 0.2) is 5.16 Å². The molecule has 112 valence electrons. The fourth-order valence-corrected chi connectivity index (χ4v) is 2.91. The van der Waals surface area contributed by atoms with Gasteiger partial charge in [-0.2, -0.15) is 0 Å². The summed E-state index contributed by atoms with van der Waals surface area (Å²) in [6.45, 7) is 3.95. The predicted octanol–water partition coefficient (Wildman–Crippen LogP) is 2.80. The Balaban J connectivity index is 2.40. The van der Waals surface area contributed by atoms with Gasteiger partial charge in [-0.05, 0) is 30.4 Å². The Labute approximate surface area is 129 Å². The summed E-state index contributed by atoms with van der Waals surface area (Å²) in [6.07, 6.45) is 0.569. The highest BCUT2D eigenvalue weighted by Crippen LogP contribution is 2.18. The van der Waals surface area contributed by atoms with Crippen LogP contribution in [0.25, 0.3) is 0 Å². The minimum atomic E-state index is 0.0290. The van der Waals surface area contributed by atoms with Gasteiger partial charge in [0, 0.05) is 24.7 Å². The van der Waals surface area contributed by atoms with Crippen LogP contribution in [0.1, 0.15) is 23.7 Å². The molecule has 0 unspecified atom stereocenters. The molecule has 0 bridgehead atoms. The molecule has 0 radical (unpaired) electrons. The summed E-state index contributed by atoms with van der Waals surface area (Å²) in [7, 11) is 3.42. The maximum absolute atomic E-state index is 12.5. The Kier molecular flexibility index (Phi) is 5.07. The Morgan fingerprint density at radius 2 is 2.14 bits per heavy atom. The van der Waals surface area contributed by atoms with E-state index < -0.39 is 0 Å². The third kappa shape index (κ3) is 3.47. The van der Waals surface area contributed by atoms with E-state index in [-0.39, 0.29) is 5.56 Å². The number of benzene rings is 1. The largest absolute Gasteiger partial charge is 0.497 e. The second kappa shape index (κ2) is 6.80. The van der Waals surface area contributed by atoms with Gasteiger partial charge in [-0.1, -0.05) is 30.8 Å². The van der Waals surface area contributed by atoms with Gasteiger partial charge in [0.1, 0.15) is 5.75 Å². The van der Waals surface area contributed by atoms with Crippen LogP contribution in [0.5, 0.6) is 5.75 Å². The van der Waals surface area contributed by atoms with Crippen LogP contribution in [0.15, 0.2) is 34.2 Å². The van der Waals surface area contributed by atoms with E-state index in [0.717, 1.165) is 33.5 Å². The Morgan fingerprint density at radius 1 is 1.38 bits per heavy atom. The molecule has 0 saturated carbocycles. The number of aryl methyl sites for hydroxylation is 1. The van der Waals surface area contributed by atoms with Crippen molar-refractivity contribution in [2.45, 2.75) is 25.4 Å². The number of hydrogen-bond donors (Lipinski definition) is 0. The van der Waals surface area contributed by atoms with Crippen molar-refractivity contribution < 1.29 is 4.74 Å². The lowest BCUT2D eigenvalue weighted by atomic mass is 10.0. The van der Waals surface area contributed by atoms with Crippen molar-refractivity contribution in [2.24, 2.45) is 7.05 Å². The zero-order valence-electron chi connectivity index (χ0n) is 12.8. The molecule has 1 aromatic carbocycles. The number of aromatic nitrogens is 2. The lowest BCUT2D eigenvalue weighted by Crippen LogP contribution is -2.25. The standard InChI is InChI=1S/C16H20N2O2S/c1-5-21-16-17-11(2)14(15(19)18(16)3)10-12-7-6-8-13(9-12)20-4/h6-9H,5,10H2,1-4H3. The van der Waals surface area contributed by atoms with Crippen LogP contribution in [0.2, 0.25) is 0 Å². The summed E-state index contributed by atoms with van der Waals surface area (Å²) in [6, 6.07) is 7.78. The highest BCUT2D eigenvalue weighted by molar-refractivity contribution is 7.99. The minimum absolute atomic E-state index is 0.0290. The first-order chi connectivity index (χ1) is 10.1. The van der Waals surface area contributed by atoms with Gasteiger partial charge in [0.2, 0.25) is 0 Å². The lowest BCUT2D eigenvalue weighted by Gasteiger charge is -2.11. The van der Waals surface area contributed by atoms with Gasteiger partial charge in [0.25, 0.3) is 5.56 Å². The first-order valence-corrected chi connectivity index (χ1v) is 7.87. The van der Waals surface area contributed by atoms with E-state index in [9.17, 15) is 4.79 Å².